The Morgan fingerprint density at radius 2 is 2.10 bits per heavy atom. The van der Waals surface area contributed by atoms with Gasteiger partial charge in [-0.2, -0.15) is 0 Å². The van der Waals surface area contributed by atoms with Crippen LogP contribution >= 0.6 is 11.3 Å². The van der Waals surface area contributed by atoms with Crippen molar-refractivity contribution in [3.05, 3.63) is 29.3 Å². The van der Waals surface area contributed by atoms with Gasteiger partial charge in [0.25, 0.3) is 5.91 Å². The molecule has 1 amide bonds. The molecule has 9 heteroatoms. The molecule has 3 aromatic rings. The molecule has 1 aromatic carbocycles. The van der Waals surface area contributed by atoms with Gasteiger partial charge in [-0.05, 0) is 52.0 Å². The van der Waals surface area contributed by atoms with Crippen LogP contribution in [0.1, 0.15) is 34.8 Å². The zero-order chi connectivity index (χ0) is 20.5. The molecule has 0 bridgehead atoms. The third-order valence-corrected chi connectivity index (χ3v) is 6.39. The summed E-state index contributed by atoms with van der Waals surface area (Å²) in [5, 5.41) is 9.08. The van der Waals surface area contributed by atoms with E-state index in [9.17, 15) is 4.79 Å². The molecular formula is C20H26N6O2S. The van der Waals surface area contributed by atoms with Crippen molar-refractivity contribution in [3.8, 4) is 5.75 Å². The summed E-state index contributed by atoms with van der Waals surface area (Å²) in [7, 11) is 5.70. The van der Waals surface area contributed by atoms with Crippen LogP contribution in [-0.2, 0) is 13.0 Å². The van der Waals surface area contributed by atoms with Crippen LogP contribution in [0.4, 0.5) is 5.13 Å². The number of aromatic nitrogens is 4. The lowest BCUT2D eigenvalue weighted by molar-refractivity contribution is 0.0971. The molecule has 0 radical (unpaired) electrons. The van der Waals surface area contributed by atoms with Crippen molar-refractivity contribution in [2.45, 2.75) is 32.7 Å². The fraction of sp³-hybridized carbons (Fsp3) is 0.500. The van der Waals surface area contributed by atoms with Crippen molar-refractivity contribution in [2.24, 2.45) is 0 Å². The Labute approximate surface area is 174 Å². The van der Waals surface area contributed by atoms with E-state index in [1.54, 1.807) is 12.0 Å². The number of fused-ring (bicyclic) bond motifs is 2. The monoisotopic (exact) mass is 414 g/mol. The summed E-state index contributed by atoms with van der Waals surface area (Å²) in [6, 6.07) is 3.94. The van der Waals surface area contributed by atoms with Crippen LogP contribution in [0.5, 0.6) is 5.75 Å². The van der Waals surface area contributed by atoms with Crippen molar-refractivity contribution in [1.82, 2.24) is 24.6 Å². The highest BCUT2D eigenvalue weighted by Crippen LogP contribution is 2.37. The summed E-state index contributed by atoms with van der Waals surface area (Å²) in [6.07, 6.45) is 2.72. The number of nitrogens with zero attached hydrogens (tertiary/aromatic N) is 6. The lowest BCUT2D eigenvalue weighted by Crippen LogP contribution is -2.35. The molecule has 4 rings (SSSR count). The number of carbonyl (C=O) groups excluding carboxylic acids is 1. The quantitative estimate of drug-likeness (QED) is 0.592. The van der Waals surface area contributed by atoms with E-state index >= 15 is 0 Å². The first-order valence-corrected chi connectivity index (χ1v) is 10.6. The second-order valence-electron chi connectivity index (χ2n) is 7.57. The Hall–Kier alpha value is -2.52. The van der Waals surface area contributed by atoms with Gasteiger partial charge in [0, 0.05) is 19.5 Å². The maximum atomic E-state index is 13.5. The van der Waals surface area contributed by atoms with Gasteiger partial charge in [0.1, 0.15) is 17.1 Å². The fourth-order valence-corrected chi connectivity index (χ4v) is 4.71. The molecular weight excluding hydrogens is 388 g/mol. The predicted octanol–water partition coefficient (Wildman–Crippen LogP) is 2.75. The van der Waals surface area contributed by atoms with Gasteiger partial charge in [-0.25, -0.2) is 4.98 Å². The number of rotatable bonds is 7. The number of benzene rings is 1. The molecule has 154 valence electrons. The highest BCUT2D eigenvalue weighted by molar-refractivity contribution is 7.22. The first-order chi connectivity index (χ1) is 14.0. The van der Waals surface area contributed by atoms with Gasteiger partial charge >= 0.3 is 0 Å². The van der Waals surface area contributed by atoms with Crippen molar-refractivity contribution in [2.75, 3.05) is 39.2 Å². The predicted molar refractivity (Wildman–Crippen MR) is 114 cm³/mol. The molecule has 8 nitrogen and oxygen atoms in total. The van der Waals surface area contributed by atoms with Gasteiger partial charge in [-0.1, -0.05) is 17.4 Å². The maximum Gasteiger partial charge on any atom is 0.298 e. The molecule has 3 heterocycles. The number of aryl methyl sites for hydroxylation is 2. The summed E-state index contributed by atoms with van der Waals surface area (Å²) in [5.41, 5.74) is 1.91. The Balaban J connectivity index is 1.73. The molecule has 1 aliphatic heterocycles. The van der Waals surface area contributed by atoms with E-state index in [-0.39, 0.29) is 5.91 Å². The van der Waals surface area contributed by atoms with Crippen LogP contribution in [0, 0.1) is 6.92 Å². The van der Waals surface area contributed by atoms with Crippen LogP contribution in [0.15, 0.2) is 12.1 Å². The Kier molecular flexibility index (Phi) is 5.51. The number of hydrogen-bond donors (Lipinski definition) is 0. The Morgan fingerprint density at radius 1 is 1.28 bits per heavy atom. The minimum absolute atomic E-state index is 0.139. The molecule has 1 aliphatic rings. The zero-order valence-electron chi connectivity index (χ0n) is 17.3. The summed E-state index contributed by atoms with van der Waals surface area (Å²) >= 11 is 1.52. The molecule has 0 N–H and O–H groups in total. The van der Waals surface area contributed by atoms with Gasteiger partial charge < -0.3 is 14.2 Å². The lowest BCUT2D eigenvalue weighted by Gasteiger charge is -2.20. The molecule has 0 atom stereocenters. The van der Waals surface area contributed by atoms with E-state index in [1.165, 1.54) is 11.3 Å². The minimum atomic E-state index is -0.139. The second-order valence-corrected chi connectivity index (χ2v) is 8.55. The van der Waals surface area contributed by atoms with E-state index in [2.05, 4.69) is 15.1 Å². The smallest absolute Gasteiger partial charge is 0.298 e. The van der Waals surface area contributed by atoms with Crippen molar-refractivity contribution < 1.29 is 9.53 Å². The fourth-order valence-electron chi connectivity index (χ4n) is 3.64. The zero-order valence-corrected chi connectivity index (χ0v) is 18.1. The van der Waals surface area contributed by atoms with Gasteiger partial charge in [0.05, 0.1) is 11.8 Å². The molecule has 29 heavy (non-hydrogen) atoms. The molecule has 0 unspecified atom stereocenters. The van der Waals surface area contributed by atoms with Crippen LogP contribution in [0.3, 0.4) is 0 Å². The third kappa shape index (κ3) is 3.72. The van der Waals surface area contributed by atoms with Crippen molar-refractivity contribution in [3.63, 3.8) is 0 Å². The minimum Gasteiger partial charge on any atom is -0.494 e. The van der Waals surface area contributed by atoms with Crippen LogP contribution in [0.25, 0.3) is 10.2 Å². The standard InChI is InChI=1S/C20H26N6O2S/c1-13-8-9-14(28-4)16-17(13)29-20(21-16)26(12-6-10-24(2)3)19(27)18-23-22-15-7-5-11-25(15)18/h8-9H,5-7,10-12H2,1-4H3. The molecule has 0 aliphatic carbocycles. The highest BCUT2D eigenvalue weighted by Gasteiger charge is 2.29. The Morgan fingerprint density at radius 3 is 2.86 bits per heavy atom. The van der Waals surface area contributed by atoms with E-state index in [1.807, 2.05) is 37.7 Å². The summed E-state index contributed by atoms with van der Waals surface area (Å²) in [6.45, 7) is 4.30. The van der Waals surface area contributed by atoms with E-state index in [0.29, 0.717) is 17.5 Å². The number of carbonyl (C=O) groups is 1. The molecule has 0 saturated heterocycles. The highest BCUT2D eigenvalue weighted by atomic mass is 32.1. The second kappa shape index (κ2) is 8.08. The van der Waals surface area contributed by atoms with Crippen LogP contribution in [-0.4, -0.2) is 64.9 Å². The van der Waals surface area contributed by atoms with Crippen LogP contribution < -0.4 is 9.64 Å². The number of thiazole rings is 1. The van der Waals surface area contributed by atoms with Gasteiger partial charge in [0.15, 0.2) is 5.13 Å². The van der Waals surface area contributed by atoms with Crippen molar-refractivity contribution in [1.29, 1.82) is 0 Å². The summed E-state index contributed by atoms with van der Waals surface area (Å²) in [5.74, 6) is 1.88. The SMILES string of the molecule is COc1ccc(C)c2sc(N(CCCN(C)C)C(=O)c3nnc4n3CCC4)nc12. The number of amides is 1. The number of methoxy groups -OCH3 is 1. The number of hydrogen-bond acceptors (Lipinski definition) is 7. The van der Waals surface area contributed by atoms with Gasteiger partial charge in [0.2, 0.25) is 5.82 Å². The van der Waals surface area contributed by atoms with E-state index in [4.69, 9.17) is 9.72 Å². The Bertz CT molecular complexity index is 1040. The van der Waals surface area contributed by atoms with Crippen LogP contribution in [0.2, 0.25) is 0 Å². The van der Waals surface area contributed by atoms with E-state index < -0.39 is 0 Å². The topological polar surface area (TPSA) is 76.4 Å². The average molecular weight is 415 g/mol. The lowest BCUT2D eigenvalue weighted by atomic mass is 10.2. The third-order valence-electron chi connectivity index (χ3n) is 5.18. The molecule has 0 saturated carbocycles. The van der Waals surface area contributed by atoms with Gasteiger partial charge in [-0.15, -0.1) is 10.2 Å². The summed E-state index contributed by atoms with van der Waals surface area (Å²) in [4.78, 5) is 22.1. The first kappa shape index (κ1) is 19.8. The average Bonchev–Trinajstić information content (AvgIpc) is 3.40. The summed E-state index contributed by atoms with van der Waals surface area (Å²) < 4.78 is 8.47. The van der Waals surface area contributed by atoms with Crippen molar-refractivity contribution >= 4 is 32.6 Å². The normalized spacial score (nSPS) is 13.3. The number of ether oxygens (including phenoxy) is 1. The first-order valence-electron chi connectivity index (χ1n) is 9.82. The van der Waals surface area contributed by atoms with E-state index in [0.717, 1.165) is 59.7 Å². The molecule has 0 fully saturated rings. The largest absolute Gasteiger partial charge is 0.494 e. The maximum absolute atomic E-state index is 13.5. The molecule has 0 spiro atoms. The molecule has 2 aromatic heterocycles. The van der Waals surface area contributed by atoms with Gasteiger partial charge in [-0.3, -0.25) is 9.69 Å². The number of anilines is 1.